The Bertz CT molecular complexity index is 468. The van der Waals surface area contributed by atoms with Crippen LogP contribution in [0.15, 0.2) is 24.3 Å². The van der Waals surface area contributed by atoms with Crippen molar-refractivity contribution in [2.45, 2.75) is 33.2 Å². The van der Waals surface area contributed by atoms with E-state index < -0.39 is 0 Å². The summed E-state index contributed by atoms with van der Waals surface area (Å²) in [6, 6.07) is 8.39. The maximum Gasteiger partial charge on any atom is 0.323 e. The number of carbonyl (C=O) groups excluding carboxylic acids is 1. The molecule has 1 fully saturated rings. The van der Waals surface area contributed by atoms with E-state index in [-0.39, 0.29) is 12.0 Å². The van der Waals surface area contributed by atoms with Crippen molar-refractivity contribution in [3.05, 3.63) is 29.8 Å². The number of benzene rings is 1. The van der Waals surface area contributed by atoms with E-state index in [1.54, 1.807) is 0 Å². The highest BCUT2D eigenvalue weighted by Gasteiger charge is 2.28. The molecule has 4 heteroatoms. The van der Waals surface area contributed by atoms with Crippen LogP contribution in [0.3, 0.4) is 0 Å². The lowest BCUT2D eigenvalue weighted by atomic mass is 10.1. The lowest BCUT2D eigenvalue weighted by Gasteiger charge is -2.39. The average molecular weight is 290 g/mol. The van der Waals surface area contributed by atoms with Gasteiger partial charge in [-0.05, 0) is 31.9 Å². The summed E-state index contributed by atoms with van der Waals surface area (Å²) in [6.07, 6.45) is 0.809. The summed E-state index contributed by atoms with van der Waals surface area (Å²) >= 11 is 0. The van der Waals surface area contributed by atoms with E-state index in [9.17, 15) is 4.79 Å². The molecule has 1 unspecified atom stereocenters. The molecule has 2 rings (SSSR count). The number of nitrogens with zero attached hydrogens (tertiary/aromatic N) is 2. The summed E-state index contributed by atoms with van der Waals surface area (Å²) in [7, 11) is 0. The molecule has 0 aromatic heterocycles. The van der Waals surface area contributed by atoms with Crippen molar-refractivity contribution in [2.75, 3.05) is 37.7 Å². The third-order valence-electron chi connectivity index (χ3n) is 4.16. The number of esters is 1. The number of anilines is 1. The molecule has 0 bridgehead atoms. The first-order valence-corrected chi connectivity index (χ1v) is 7.88. The number of para-hydroxylation sites is 1. The van der Waals surface area contributed by atoms with E-state index in [1.165, 1.54) is 11.3 Å². The first kappa shape index (κ1) is 15.8. The summed E-state index contributed by atoms with van der Waals surface area (Å²) < 4.78 is 5.18. The maximum atomic E-state index is 12.0. The van der Waals surface area contributed by atoms with Crippen LogP contribution < -0.4 is 4.90 Å². The number of hydrogen-bond acceptors (Lipinski definition) is 4. The molecule has 0 saturated carbocycles. The van der Waals surface area contributed by atoms with Crippen LogP contribution in [0.25, 0.3) is 0 Å². The van der Waals surface area contributed by atoms with Gasteiger partial charge in [-0.15, -0.1) is 0 Å². The second-order valence-electron chi connectivity index (χ2n) is 5.49. The molecule has 4 nitrogen and oxygen atoms in total. The van der Waals surface area contributed by atoms with Gasteiger partial charge in [0.2, 0.25) is 0 Å². The van der Waals surface area contributed by atoms with E-state index in [0.29, 0.717) is 6.61 Å². The average Bonchev–Trinajstić information content (AvgIpc) is 2.50. The fourth-order valence-corrected chi connectivity index (χ4v) is 3.01. The number of ether oxygens (including phenoxy) is 1. The van der Waals surface area contributed by atoms with E-state index in [0.717, 1.165) is 32.6 Å². The predicted molar refractivity (Wildman–Crippen MR) is 85.7 cm³/mol. The van der Waals surface area contributed by atoms with Crippen LogP contribution in [0.4, 0.5) is 5.69 Å². The number of rotatable bonds is 5. The predicted octanol–water partition coefficient (Wildman–Crippen LogP) is 2.46. The van der Waals surface area contributed by atoms with Crippen LogP contribution in [0.1, 0.15) is 25.8 Å². The minimum absolute atomic E-state index is 0.0793. The molecule has 0 amide bonds. The van der Waals surface area contributed by atoms with Gasteiger partial charge in [0.05, 0.1) is 6.61 Å². The molecule has 0 N–H and O–H groups in total. The van der Waals surface area contributed by atoms with Crippen molar-refractivity contribution in [1.29, 1.82) is 0 Å². The molecular formula is C17H26N2O2. The van der Waals surface area contributed by atoms with Gasteiger partial charge < -0.3 is 9.64 Å². The summed E-state index contributed by atoms with van der Waals surface area (Å²) in [5.74, 6) is -0.0793. The fraction of sp³-hybridized carbons (Fsp3) is 0.588. The van der Waals surface area contributed by atoms with Gasteiger partial charge >= 0.3 is 5.97 Å². The summed E-state index contributed by atoms with van der Waals surface area (Å²) in [5, 5.41) is 0. The highest BCUT2D eigenvalue weighted by atomic mass is 16.5. The first-order valence-electron chi connectivity index (χ1n) is 7.88. The highest BCUT2D eigenvalue weighted by Crippen LogP contribution is 2.21. The van der Waals surface area contributed by atoms with Gasteiger partial charge in [0.25, 0.3) is 0 Å². The molecule has 1 aliphatic rings. The molecule has 21 heavy (non-hydrogen) atoms. The van der Waals surface area contributed by atoms with Gasteiger partial charge in [0.15, 0.2) is 0 Å². The van der Waals surface area contributed by atoms with E-state index >= 15 is 0 Å². The van der Waals surface area contributed by atoms with Crippen molar-refractivity contribution in [3.63, 3.8) is 0 Å². The third kappa shape index (κ3) is 3.76. The Balaban J connectivity index is 1.96. The Hall–Kier alpha value is -1.55. The molecule has 0 radical (unpaired) electrons. The Morgan fingerprint density at radius 2 is 1.86 bits per heavy atom. The molecule has 0 spiro atoms. The minimum atomic E-state index is -0.0935. The second-order valence-corrected chi connectivity index (χ2v) is 5.49. The largest absolute Gasteiger partial charge is 0.465 e. The van der Waals surface area contributed by atoms with Crippen molar-refractivity contribution in [2.24, 2.45) is 0 Å². The van der Waals surface area contributed by atoms with Crippen molar-refractivity contribution in [3.8, 4) is 0 Å². The minimum Gasteiger partial charge on any atom is -0.465 e. The third-order valence-corrected chi connectivity index (χ3v) is 4.16. The second kappa shape index (κ2) is 7.46. The summed E-state index contributed by atoms with van der Waals surface area (Å²) in [5.41, 5.74) is 2.62. The topological polar surface area (TPSA) is 32.8 Å². The standard InChI is InChI=1S/C17H26N2O2/c1-4-15(17(20)21-5-2)18-10-12-19(13-11-18)16-9-7-6-8-14(16)3/h6-9,15H,4-5,10-13H2,1-3H3. The van der Waals surface area contributed by atoms with Crippen LogP contribution in [0.2, 0.25) is 0 Å². The van der Waals surface area contributed by atoms with Crippen LogP contribution in [0, 0.1) is 6.92 Å². The van der Waals surface area contributed by atoms with Gasteiger partial charge in [-0.2, -0.15) is 0 Å². The molecule has 1 heterocycles. The lowest BCUT2D eigenvalue weighted by molar-refractivity contribution is -0.149. The molecular weight excluding hydrogens is 264 g/mol. The van der Waals surface area contributed by atoms with Crippen LogP contribution in [-0.2, 0) is 9.53 Å². The van der Waals surface area contributed by atoms with Gasteiger partial charge in [-0.3, -0.25) is 9.69 Å². The fourth-order valence-electron chi connectivity index (χ4n) is 3.01. The quantitative estimate of drug-likeness (QED) is 0.780. The zero-order valence-corrected chi connectivity index (χ0v) is 13.3. The molecule has 1 aliphatic heterocycles. The van der Waals surface area contributed by atoms with Gasteiger partial charge in [0.1, 0.15) is 6.04 Å². The van der Waals surface area contributed by atoms with Crippen molar-refractivity contribution in [1.82, 2.24) is 4.90 Å². The molecule has 116 valence electrons. The Labute approximate surface area is 127 Å². The Morgan fingerprint density at radius 1 is 1.19 bits per heavy atom. The van der Waals surface area contributed by atoms with Crippen LogP contribution in [-0.4, -0.2) is 49.7 Å². The number of carbonyl (C=O) groups is 1. The lowest BCUT2D eigenvalue weighted by Crippen LogP contribution is -2.53. The Morgan fingerprint density at radius 3 is 2.43 bits per heavy atom. The van der Waals surface area contributed by atoms with Crippen molar-refractivity contribution >= 4 is 11.7 Å². The van der Waals surface area contributed by atoms with Gasteiger partial charge in [-0.1, -0.05) is 25.1 Å². The van der Waals surface area contributed by atoms with Gasteiger partial charge in [-0.25, -0.2) is 0 Å². The normalized spacial score (nSPS) is 17.6. The number of hydrogen-bond donors (Lipinski definition) is 0. The molecule has 1 aromatic carbocycles. The number of piperazine rings is 1. The molecule has 1 aromatic rings. The zero-order chi connectivity index (χ0) is 15.2. The van der Waals surface area contributed by atoms with Crippen molar-refractivity contribution < 1.29 is 9.53 Å². The van der Waals surface area contributed by atoms with E-state index in [4.69, 9.17) is 4.74 Å². The maximum absolute atomic E-state index is 12.0. The van der Waals surface area contributed by atoms with E-state index in [2.05, 4.69) is 47.9 Å². The molecule has 1 atom stereocenters. The summed E-state index contributed by atoms with van der Waals surface area (Å²) in [4.78, 5) is 16.7. The smallest absolute Gasteiger partial charge is 0.323 e. The van der Waals surface area contributed by atoms with Gasteiger partial charge in [0, 0.05) is 31.9 Å². The highest BCUT2D eigenvalue weighted by molar-refractivity contribution is 5.75. The van der Waals surface area contributed by atoms with Crippen LogP contribution in [0.5, 0.6) is 0 Å². The molecule has 0 aliphatic carbocycles. The summed E-state index contributed by atoms with van der Waals surface area (Å²) in [6.45, 7) is 10.3. The molecule has 1 saturated heterocycles. The van der Waals surface area contributed by atoms with E-state index in [1.807, 2.05) is 6.92 Å². The zero-order valence-electron chi connectivity index (χ0n) is 13.3. The first-order chi connectivity index (χ1) is 10.2. The van der Waals surface area contributed by atoms with Crippen LogP contribution >= 0.6 is 0 Å². The Kier molecular flexibility index (Phi) is 5.62. The monoisotopic (exact) mass is 290 g/mol. The number of aryl methyl sites for hydroxylation is 1. The SMILES string of the molecule is CCOC(=O)C(CC)N1CCN(c2ccccc2C)CC1.